The molecule has 3 heterocycles. The number of aromatic nitrogens is 2. The minimum absolute atomic E-state index is 0.0903. The third-order valence-corrected chi connectivity index (χ3v) is 6.50. The van der Waals surface area contributed by atoms with Crippen LogP contribution in [0, 0.1) is 0 Å². The minimum atomic E-state index is -4.34. The van der Waals surface area contributed by atoms with Crippen LogP contribution in [0.5, 0.6) is 0 Å². The van der Waals surface area contributed by atoms with Gasteiger partial charge in [-0.3, -0.25) is 14.6 Å². The van der Waals surface area contributed by atoms with Crippen LogP contribution < -0.4 is 5.32 Å². The maximum atomic E-state index is 13.0. The van der Waals surface area contributed by atoms with E-state index in [9.17, 15) is 18.0 Å². The van der Waals surface area contributed by atoms with Crippen LogP contribution in [0.1, 0.15) is 16.7 Å². The topological polar surface area (TPSA) is 66.5 Å². The lowest BCUT2D eigenvalue weighted by atomic mass is 10.1. The lowest BCUT2D eigenvalue weighted by molar-refractivity contribution is -0.137. The number of piperazine rings is 1. The molecule has 0 spiro atoms. The number of carbonyl (C=O) groups is 1. The van der Waals surface area contributed by atoms with Gasteiger partial charge in [-0.05, 0) is 35.9 Å². The molecule has 7 nitrogen and oxygen atoms in total. The molecule has 5 rings (SSSR count). The first-order valence-electron chi connectivity index (χ1n) is 12.4. The van der Waals surface area contributed by atoms with Crippen LogP contribution in [0.25, 0.3) is 17.1 Å². The number of nitrogens with zero attached hydrogens (tertiary/aromatic N) is 4. The molecule has 4 aromatic rings. The Labute approximate surface area is 218 Å². The second kappa shape index (κ2) is 11.2. The highest BCUT2D eigenvalue weighted by molar-refractivity contribution is 5.78. The van der Waals surface area contributed by atoms with Gasteiger partial charge in [0, 0.05) is 51.0 Å². The first-order valence-corrected chi connectivity index (χ1v) is 12.4. The van der Waals surface area contributed by atoms with Crippen LogP contribution in [0.2, 0.25) is 0 Å². The van der Waals surface area contributed by atoms with Gasteiger partial charge >= 0.3 is 6.18 Å². The number of rotatable bonds is 8. The van der Waals surface area contributed by atoms with Crippen molar-refractivity contribution >= 4 is 5.91 Å². The summed E-state index contributed by atoms with van der Waals surface area (Å²) in [7, 11) is 0. The van der Waals surface area contributed by atoms with Gasteiger partial charge in [0.1, 0.15) is 5.69 Å². The number of alkyl halides is 3. The summed E-state index contributed by atoms with van der Waals surface area (Å²) in [5, 5.41) is 7.49. The van der Waals surface area contributed by atoms with Crippen LogP contribution in [0.4, 0.5) is 13.2 Å². The van der Waals surface area contributed by atoms with Crippen molar-refractivity contribution in [2.75, 3.05) is 32.7 Å². The third-order valence-electron chi connectivity index (χ3n) is 6.50. The number of amides is 1. The second-order valence-electron chi connectivity index (χ2n) is 9.33. The fourth-order valence-corrected chi connectivity index (χ4v) is 4.45. The summed E-state index contributed by atoms with van der Waals surface area (Å²) in [5.74, 6) is 0.535. The Morgan fingerprint density at radius 2 is 1.68 bits per heavy atom. The summed E-state index contributed by atoms with van der Waals surface area (Å²) in [6.45, 7) is 3.78. The van der Waals surface area contributed by atoms with Gasteiger partial charge in [-0.15, -0.1) is 0 Å². The summed E-state index contributed by atoms with van der Waals surface area (Å²) < 4.78 is 46.3. The van der Waals surface area contributed by atoms with E-state index in [2.05, 4.69) is 20.2 Å². The van der Waals surface area contributed by atoms with Gasteiger partial charge in [-0.25, -0.2) is 4.68 Å². The van der Waals surface area contributed by atoms with Gasteiger partial charge in [0.15, 0.2) is 5.76 Å². The van der Waals surface area contributed by atoms with Crippen molar-refractivity contribution in [2.24, 2.45) is 0 Å². The molecule has 0 atom stereocenters. The molecule has 0 bridgehead atoms. The highest BCUT2D eigenvalue weighted by atomic mass is 19.4. The van der Waals surface area contributed by atoms with Crippen LogP contribution in [-0.2, 0) is 24.1 Å². The number of hydrogen-bond donors (Lipinski definition) is 1. The maximum absolute atomic E-state index is 13.0. The molecule has 1 saturated heterocycles. The third kappa shape index (κ3) is 6.51. The number of furan rings is 1. The zero-order valence-electron chi connectivity index (χ0n) is 20.7. The number of benzene rings is 2. The number of para-hydroxylation sites is 1. The summed E-state index contributed by atoms with van der Waals surface area (Å²) >= 11 is 0. The molecule has 0 saturated carbocycles. The number of halogens is 3. The first kappa shape index (κ1) is 25.7. The van der Waals surface area contributed by atoms with E-state index in [-0.39, 0.29) is 12.5 Å². The van der Waals surface area contributed by atoms with Crippen molar-refractivity contribution in [3.8, 4) is 17.1 Å². The van der Waals surface area contributed by atoms with E-state index in [1.165, 1.54) is 12.1 Å². The molecule has 1 N–H and O–H groups in total. The molecular formula is C28H28F3N5O2. The van der Waals surface area contributed by atoms with Gasteiger partial charge in [0.05, 0.1) is 24.1 Å². The van der Waals surface area contributed by atoms with E-state index in [0.717, 1.165) is 17.3 Å². The molecule has 2 aromatic carbocycles. The number of hydrogen-bond acceptors (Lipinski definition) is 5. The van der Waals surface area contributed by atoms with E-state index in [4.69, 9.17) is 4.42 Å². The zero-order valence-corrected chi connectivity index (χ0v) is 20.7. The van der Waals surface area contributed by atoms with Gasteiger partial charge in [0.2, 0.25) is 5.91 Å². The van der Waals surface area contributed by atoms with Crippen molar-refractivity contribution in [2.45, 2.75) is 19.3 Å². The van der Waals surface area contributed by atoms with Gasteiger partial charge in [0.25, 0.3) is 0 Å². The monoisotopic (exact) mass is 523 g/mol. The van der Waals surface area contributed by atoms with Crippen molar-refractivity contribution in [3.05, 3.63) is 95.9 Å². The van der Waals surface area contributed by atoms with Crippen molar-refractivity contribution in [1.82, 2.24) is 24.9 Å². The Bertz CT molecular complexity index is 1360. The predicted octanol–water partition coefficient (Wildman–Crippen LogP) is 4.59. The lowest BCUT2D eigenvalue weighted by Gasteiger charge is -2.34. The summed E-state index contributed by atoms with van der Waals surface area (Å²) in [6.07, 6.45) is -0.858. The molecule has 1 fully saturated rings. The smallest absolute Gasteiger partial charge is 0.416 e. The van der Waals surface area contributed by atoms with Gasteiger partial charge < -0.3 is 9.73 Å². The summed E-state index contributed by atoms with van der Waals surface area (Å²) in [4.78, 5) is 16.7. The van der Waals surface area contributed by atoms with Gasteiger partial charge in [-0.2, -0.15) is 18.3 Å². The van der Waals surface area contributed by atoms with Gasteiger partial charge in [-0.1, -0.05) is 36.4 Å². The quantitative estimate of drug-likeness (QED) is 0.366. The first-order chi connectivity index (χ1) is 18.3. The van der Waals surface area contributed by atoms with E-state index in [1.807, 2.05) is 48.7 Å². The highest BCUT2D eigenvalue weighted by Crippen LogP contribution is 2.30. The second-order valence-corrected chi connectivity index (χ2v) is 9.33. The molecule has 0 aliphatic carbocycles. The number of nitrogens with one attached hydrogen (secondary N) is 1. The largest absolute Gasteiger partial charge is 0.462 e. The molecule has 198 valence electrons. The van der Waals surface area contributed by atoms with Crippen LogP contribution in [-0.4, -0.2) is 58.2 Å². The maximum Gasteiger partial charge on any atom is 0.416 e. The van der Waals surface area contributed by atoms with Crippen molar-refractivity contribution < 1.29 is 22.4 Å². The molecule has 1 aliphatic heterocycles. The average Bonchev–Trinajstić information content (AvgIpc) is 3.59. The van der Waals surface area contributed by atoms with Crippen LogP contribution in [0.3, 0.4) is 0 Å². The minimum Gasteiger partial charge on any atom is -0.462 e. The molecule has 0 unspecified atom stereocenters. The molecule has 0 radical (unpaired) electrons. The van der Waals surface area contributed by atoms with Crippen LogP contribution in [0.15, 0.2) is 83.6 Å². The fraction of sp³-hybridized carbons (Fsp3) is 0.286. The zero-order chi connectivity index (χ0) is 26.5. The Morgan fingerprint density at radius 1 is 0.921 bits per heavy atom. The van der Waals surface area contributed by atoms with E-state index < -0.39 is 11.7 Å². The van der Waals surface area contributed by atoms with E-state index in [1.54, 1.807) is 17.0 Å². The van der Waals surface area contributed by atoms with Crippen molar-refractivity contribution in [1.29, 1.82) is 0 Å². The summed E-state index contributed by atoms with van der Waals surface area (Å²) in [6, 6.07) is 19.0. The van der Waals surface area contributed by atoms with Crippen molar-refractivity contribution in [3.63, 3.8) is 0 Å². The molecular weight excluding hydrogens is 495 g/mol. The van der Waals surface area contributed by atoms with E-state index in [0.29, 0.717) is 56.3 Å². The highest BCUT2D eigenvalue weighted by Gasteiger charge is 2.30. The molecule has 10 heteroatoms. The van der Waals surface area contributed by atoms with E-state index >= 15 is 0 Å². The Hall–Kier alpha value is -3.89. The normalized spacial score (nSPS) is 15.0. The Kier molecular flexibility index (Phi) is 7.62. The average molecular weight is 524 g/mol. The standard InChI is InChI=1S/C28H28F3N5O2/c29-28(30,31)23-6-4-5-21(15-23)18-34-11-13-35(14-12-34)19-27(37)32-17-22-16-26(38-20-22)25-9-10-36(33-25)24-7-2-1-3-8-24/h1-10,15-16,20H,11-14,17-19H2,(H,32,37). The molecule has 2 aromatic heterocycles. The predicted molar refractivity (Wildman–Crippen MR) is 136 cm³/mol. The fourth-order valence-electron chi connectivity index (χ4n) is 4.45. The lowest BCUT2D eigenvalue weighted by Crippen LogP contribution is -2.49. The Morgan fingerprint density at radius 3 is 2.45 bits per heavy atom. The van der Waals surface area contributed by atoms with Crippen LogP contribution >= 0.6 is 0 Å². The molecule has 1 aliphatic rings. The molecule has 1 amide bonds. The Balaban J connectivity index is 1.06. The number of carbonyl (C=O) groups excluding carboxylic acids is 1. The SMILES string of the molecule is O=C(CN1CCN(Cc2cccc(C(F)(F)F)c2)CC1)NCc1coc(-c2ccn(-c3ccccc3)n2)c1. The summed E-state index contributed by atoms with van der Waals surface area (Å²) in [5.41, 5.74) is 2.51. The molecule has 38 heavy (non-hydrogen) atoms.